The third-order valence-electron chi connectivity index (χ3n) is 3.48. The molecule has 1 heteroatoms. The van der Waals surface area contributed by atoms with E-state index in [1.54, 1.807) is 0 Å². The molecule has 1 aliphatic carbocycles. The van der Waals surface area contributed by atoms with Gasteiger partial charge in [-0.3, -0.25) is 0 Å². The third kappa shape index (κ3) is 4.99. The maximum Gasteiger partial charge on any atom is 0.00415 e. The number of nitrogens with two attached hydrogens (primary N) is 1. The van der Waals surface area contributed by atoms with Gasteiger partial charge in [0.15, 0.2) is 0 Å². The Morgan fingerprint density at radius 1 is 1.07 bits per heavy atom. The maximum absolute atomic E-state index is 6.15. The van der Waals surface area contributed by atoms with E-state index < -0.39 is 0 Å². The minimum absolute atomic E-state index is 0.473. The van der Waals surface area contributed by atoms with E-state index in [1.807, 2.05) is 0 Å². The molecule has 0 heterocycles. The first-order valence-corrected chi connectivity index (χ1v) is 6.44. The molecule has 0 amide bonds. The molecular formula is C13H27N. The van der Waals surface area contributed by atoms with E-state index in [1.165, 1.54) is 51.4 Å². The Labute approximate surface area is 89.5 Å². The van der Waals surface area contributed by atoms with Gasteiger partial charge in [0.2, 0.25) is 0 Å². The molecule has 0 radical (unpaired) electrons. The molecule has 1 nitrogen and oxygen atoms in total. The summed E-state index contributed by atoms with van der Waals surface area (Å²) in [5.74, 6) is 1.76. The van der Waals surface area contributed by atoms with Gasteiger partial charge in [0.25, 0.3) is 0 Å². The average Bonchev–Trinajstić information content (AvgIpc) is 2.16. The summed E-state index contributed by atoms with van der Waals surface area (Å²) >= 11 is 0. The van der Waals surface area contributed by atoms with Crippen LogP contribution in [0.4, 0.5) is 0 Å². The fourth-order valence-electron chi connectivity index (χ4n) is 2.52. The quantitative estimate of drug-likeness (QED) is 0.714. The average molecular weight is 197 g/mol. The van der Waals surface area contributed by atoms with E-state index >= 15 is 0 Å². The van der Waals surface area contributed by atoms with E-state index in [9.17, 15) is 0 Å². The van der Waals surface area contributed by atoms with Gasteiger partial charge in [-0.2, -0.15) is 0 Å². The van der Waals surface area contributed by atoms with Gasteiger partial charge in [-0.1, -0.05) is 46.0 Å². The van der Waals surface area contributed by atoms with Crippen LogP contribution in [0.2, 0.25) is 0 Å². The molecule has 0 aromatic carbocycles. The lowest BCUT2D eigenvalue weighted by molar-refractivity contribution is 0.306. The molecule has 2 N–H and O–H groups in total. The summed E-state index contributed by atoms with van der Waals surface area (Å²) in [4.78, 5) is 0. The fourth-order valence-corrected chi connectivity index (χ4v) is 2.52. The van der Waals surface area contributed by atoms with Crippen molar-refractivity contribution in [2.24, 2.45) is 17.6 Å². The minimum atomic E-state index is 0.473. The smallest absolute Gasteiger partial charge is 0.00415 e. The molecule has 1 rings (SSSR count). The van der Waals surface area contributed by atoms with Crippen molar-refractivity contribution >= 4 is 0 Å². The van der Waals surface area contributed by atoms with Crippen LogP contribution in [0.5, 0.6) is 0 Å². The van der Waals surface area contributed by atoms with E-state index in [4.69, 9.17) is 5.73 Å². The SMILES string of the molecule is CC(C)CCC(N)CC1CCCCC1. The molecular weight excluding hydrogens is 170 g/mol. The van der Waals surface area contributed by atoms with Gasteiger partial charge in [-0.15, -0.1) is 0 Å². The summed E-state index contributed by atoms with van der Waals surface area (Å²) in [7, 11) is 0. The van der Waals surface area contributed by atoms with Gasteiger partial charge in [-0.25, -0.2) is 0 Å². The predicted molar refractivity (Wildman–Crippen MR) is 63.2 cm³/mol. The van der Waals surface area contributed by atoms with Crippen molar-refractivity contribution in [3.63, 3.8) is 0 Å². The zero-order valence-electron chi connectivity index (χ0n) is 9.97. The van der Waals surface area contributed by atoms with Gasteiger partial charge in [0.1, 0.15) is 0 Å². The number of hydrogen-bond donors (Lipinski definition) is 1. The Hall–Kier alpha value is -0.0400. The largest absolute Gasteiger partial charge is 0.328 e. The van der Waals surface area contributed by atoms with E-state index in [-0.39, 0.29) is 0 Å². The number of rotatable bonds is 5. The van der Waals surface area contributed by atoms with E-state index in [0.29, 0.717) is 6.04 Å². The van der Waals surface area contributed by atoms with Crippen LogP contribution in [-0.2, 0) is 0 Å². The first-order valence-electron chi connectivity index (χ1n) is 6.44. The van der Waals surface area contributed by atoms with Gasteiger partial charge in [0, 0.05) is 6.04 Å². The van der Waals surface area contributed by atoms with Crippen LogP contribution in [0, 0.1) is 11.8 Å². The lowest BCUT2D eigenvalue weighted by atomic mass is 9.84. The van der Waals surface area contributed by atoms with Crippen LogP contribution in [0.25, 0.3) is 0 Å². The zero-order valence-corrected chi connectivity index (χ0v) is 9.97. The highest BCUT2D eigenvalue weighted by Gasteiger charge is 2.16. The minimum Gasteiger partial charge on any atom is -0.328 e. The van der Waals surface area contributed by atoms with Crippen LogP contribution in [0.3, 0.4) is 0 Å². The topological polar surface area (TPSA) is 26.0 Å². The van der Waals surface area contributed by atoms with Crippen molar-refractivity contribution in [1.82, 2.24) is 0 Å². The summed E-state index contributed by atoms with van der Waals surface area (Å²) in [5, 5.41) is 0. The highest BCUT2D eigenvalue weighted by molar-refractivity contribution is 4.72. The van der Waals surface area contributed by atoms with Crippen molar-refractivity contribution in [1.29, 1.82) is 0 Å². The zero-order chi connectivity index (χ0) is 10.4. The summed E-state index contributed by atoms with van der Waals surface area (Å²) < 4.78 is 0. The normalized spacial score (nSPS) is 21.4. The molecule has 14 heavy (non-hydrogen) atoms. The molecule has 1 aliphatic rings. The molecule has 1 unspecified atom stereocenters. The van der Waals surface area contributed by atoms with E-state index in [2.05, 4.69) is 13.8 Å². The van der Waals surface area contributed by atoms with Crippen LogP contribution < -0.4 is 5.73 Å². The summed E-state index contributed by atoms with van der Waals surface area (Å²) in [5.41, 5.74) is 6.15. The predicted octanol–water partition coefficient (Wildman–Crippen LogP) is 3.72. The third-order valence-corrected chi connectivity index (χ3v) is 3.48. The van der Waals surface area contributed by atoms with Gasteiger partial charge in [0.05, 0.1) is 0 Å². The highest BCUT2D eigenvalue weighted by Crippen LogP contribution is 2.27. The molecule has 0 aliphatic heterocycles. The van der Waals surface area contributed by atoms with Crippen LogP contribution >= 0.6 is 0 Å². The molecule has 0 aromatic heterocycles. The lowest BCUT2D eigenvalue weighted by Gasteiger charge is -2.24. The standard InChI is InChI=1S/C13H27N/c1-11(2)8-9-13(14)10-12-6-4-3-5-7-12/h11-13H,3-10,14H2,1-2H3. The Bertz CT molecular complexity index is 136. The molecule has 0 saturated heterocycles. The molecule has 1 saturated carbocycles. The van der Waals surface area contributed by atoms with Crippen molar-refractivity contribution < 1.29 is 0 Å². The summed E-state index contributed by atoms with van der Waals surface area (Å²) in [6, 6.07) is 0.473. The van der Waals surface area contributed by atoms with Gasteiger partial charge in [-0.05, 0) is 31.1 Å². The molecule has 84 valence electrons. The summed E-state index contributed by atoms with van der Waals surface area (Å²) in [6.45, 7) is 4.57. The summed E-state index contributed by atoms with van der Waals surface area (Å²) in [6.07, 6.45) is 11.0. The number of hydrogen-bond acceptors (Lipinski definition) is 1. The molecule has 0 aromatic rings. The van der Waals surface area contributed by atoms with Crippen LogP contribution in [-0.4, -0.2) is 6.04 Å². The van der Waals surface area contributed by atoms with E-state index in [0.717, 1.165) is 11.8 Å². The van der Waals surface area contributed by atoms with Crippen LogP contribution in [0.1, 0.15) is 65.2 Å². The second-order valence-electron chi connectivity index (χ2n) is 5.47. The molecule has 0 spiro atoms. The molecule has 1 atom stereocenters. The van der Waals surface area contributed by atoms with Crippen molar-refractivity contribution in [2.75, 3.05) is 0 Å². The van der Waals surface area contributed by atoms with Gasteiger partial charge < -0.3 is 5.73 Å². The second kappa shape index (κ2) is 6.44. The first kappa shape index (κ1) is 12.0. The monoisotopic (exact) mass is 197 g/mol. The Balaban J connectivity index is 2.09. The van der Waals surface area contributed by atoms with Crippen molar-refractivity contribution in [3.8, 4) is 0 Å². The van der Waals surface area contributed by atoms with Crippen molar-refractivity contribution in [2.45, 2.75) is 71.3 Å². The Morgan fingerprint density at radius 2 is 1.71 bits per heavy atom. The second-order valence-corrected chi connectivity index (χ2v) is 5.47. The first-order chi connectivity index (χ1) is 6.68. The Kier molecular flexibility index (Phi) is 5.54. The Morgan fingerprint density at radius 3 is 2.29 bits per heavy atom. The fraction of sp³-hybridized carbons (Fsp3) is 1.00. The van der Waals surface area contributed by atoms with Crippen LogP contribution in [0.15, 0.2) is 0 Å². The molecule has 1 fully saturated rings. The lowest BCUT2D eigenvalue weighted by Crippen LogP contribution is -2.25. The highest BCUT2D eigenvalue weighted by atomic mass is 14.6. The van der Waals surface area contributed by atoms with Gasteiger partial charge >= 0.3 is 0 Å². The molecule has 0 bridgehead atoms. The maximum atomic E-state index is 6.15. The van der Waals surface area contributed by atoms with Crippen molar-refractivity contribution in [3.05, 3.63) is 0 Å².